The summed E-state index contributed by atoms with van der Waals surface area (Å²) in [6.07, 6.45) is 0.943. The summed E-state index contributed by atoms with van der Waals surface area (Å²) in [4.78, 5) is 8.97. The van der Waals surface area contributed by atoms with Crippen molar-refractivity contribution in [3.8, 4) is 0 Å². The van der Waals surface area contributed by atoms with Crippen LogP contribution in [0.5, 0.6) is 0 Å². The number of hydrogen-bond donors (Lipinski definition) is 2. The minimum Gasteiger partial charge on any atom is -0.334 e. The van der Waals surface area contributed by atoms with Crippen LogP contribution >= 0.6 is 6.64 Å². The van der Waals surface area contributed by atoms with Gasteiger partial charge in [-0.2, -0.15) is 0 Å². The molecule has 1 heterocycles. The Bertz CT molecular complexity index is 118. The average Bonchev–Trinajstić information content (AvgIpc) is 1.65. The van der Waals surface area contributed by atoms with Crippen molar-refractivity contribution in [3.63, 3.8) is 0 Å². The molecule has 0 spiro atoms. The van der Waals surface area contributed by atoms with Crippen LogP contribution in [-0.2, 0) is 16.3 Å². The molecule has 8 heavy (non-hydrogen) atoms. The highest BCUT2D eigenvalue weighted by Crippen LogP contribution is 2.38. The van der Waals surface area contributed by atoms with Gasteiger partial charge in [-0.15, -0.1) is 0 Å². The predicted molar refractivity (Wildman–Crippen MR) is 35.1 cm³/mol. The van der Waals surface area contributed by atoms with Crippen LogP contribution in [0.15, 0.2) is 0 Å². The van der Waals surface area contributed by atoms with Crippen molar-refractivity contribution < 1.29 is 9.42 Å². The van der Waals surface area contributed by atoms with Gasteiger partial charge in [0.15, 0.2) is 0 Å². The molecule has 0 aliphatic carbocycles. The van der Waals surface area contributed by atoms with Crippen LogP contribution in [0.2, 0.25) is 0 Å². The van der Waals surface area contributed by atoms with Crippen molar-refractivity contribution in [2.75, 3.05) is 13.2 Å². The molecule has 5 heteroatoms. The van der Waals surface area contributed by atoms with Crippen LogP contribution in [0.25, 0.3) is 0 Å². The summed E-state index contributed by atoms with van der Waals surface area (Å²) in [7, 11) is 0. The summed E-state index contributed by atoms with van der Waals surface area (Å²) in [5.74, 6) is 0. The monoisotopic (exact) mass is 153 g/mol. The molecular weight excluding hydrogens is 145 g/mol. The summed E-state index contributed by atoms with van der Waals surface area (Å²) in [5.41, 5.74) is 0. The fraction of sp³-hybridized carbons (Fsp3) is 1.00. The Hall–Kier alpha value is 0.530. The molecule has 1 aliphatic rings. The molecule has 1 atom stereocenters. The van der Waals surface area contributed by atoms with E-state index in [1.165, 1.54) is 0 Å². The Morgan fingerprint density at radius 2 is 2.50 bits per heavy atom. The van der Waals surface area contributed by atoms with E-state index in [-0.39, 0.29) is 0 Å². The van der Waals surface area contributed by atoms with Crippen LogP contribution in [0.4, 0.5) is 0 Å². The first-order valence-corrected chi connectivity index (χ1v) is 5.10. The lowest BCUT2D eigenvalue weighted by atomic mass is 10.5. The second-order valence-electron chi connectivity index (χ2n) is 1.62. The third-order valence-corrected chi connectivity index (χ3v) is 2.76. The van der Waals surface area contributed by atoms with Gasteiger partial charge in [0.2, 0.25) is 0 Å². The van der Waals surface area contributed by atoms with Crippen LogP contribution in [0.1, 0.15) is 6.42 Å². The highest BCUT2D eigenvalue weighted by atomic mass is 32.5. The highest BCUT2D eigenvalue weighted by molar-refractivity contribution is 8.08. The van der Waals surface area contributed by atoms with Crippen LogP contribution < -0.4 is 5.09 Å². The Morgan fingerprint density at radius 1 is 1.75 bits per heavy atom. The maximum atomic E-state index is 8.97. The molecule has 0 radical (unpaired) electrons. The number of rotatable bonds is 0. The van der Waals surface area contributed by atoms with E-state index < -0.39 is 6.64 Å². The predicted octanol–water partition coefficient (Wildman–Crippen LogP) is 0.213. The second-order valence-corrected chi connectivity index (χ2v) is 4.72. The van der Waals surface area contributed by atoms with Gasteiger partial charge in [0.1, 0.15) is 0 Å². The Labute approximate surface area is 53.3 Å². The highest BCUT2D eigenvalue weighted by Gasteiger charge is 2.15. The van der Waals surface area contributed by atoms with E-state index in [2.05, 4.69) is 16.9 Å². The third-order valence-electron chi connectivity index (χ3n) is 0.899. The van der Waals surface area contributed by atoms with Gasteiger partial charge in [0, 0.05) is 6.54 Å². The Morgan fingerprint density at radius 3 is 2.75 bits per heavy atom. The van der Waals surface area contributed by atoms with Crippen LogP contribution in [0.3, 0.4) is 0 Å². The fourth-order valence-electron chi connectivity index (χ4n) is 0.526. The smallest absolute Gasteiger partial charge is 0.258 e. The first kappa shape index (κ1) is 6.65. The van der Waals surface area contributed by atoms with Gasteiger partial charge in [-0.25, -0.2) is 5.09 Å². The molecule has 0 saturated carbocycles. The summed E-state index contributed by atoms with van der Waals surface area (Å²) >= 11 is 4.63. The zero-order valence-electron chi connectivity index (χ0n) is 4.33. The largest absolute Gasteiger partial charge is 0.334 e. The molecule has 1 aliphatic heterocycles. The van der Waals surface area contributed by atoms with Crippen molar-refractivity contribution in [3.05, 3.63) is 0 Å². The summed E-state index contributed by atoms with van der Waals surface area (Å²) < 4.78 is 4.84. The van der Waals surface area contributed by atoms with E-state index in [1.807, 2.05) is 0 Å². The number of hydrogen-bond acceptors (Lipinski definition) is 2. The van der Waals surface area contributed by atoms with Crippen LogP contribution in [-0.4, -0.2) is 18.0 Å². The lowest BCUT2D eigenvalue weighted by molar-refractivity contribution is 0.271. The lowest BCUT2D eigenvalue weighted by Crippen LogP contribution is -2.20. The van der Waals surface area contributed by atoms with Gasteiger partial charge in [0.05, 0.1) is 6.61 Å². The van der Waals surface area contributed by atoms with Crippen molar-refractivity contribution in [2.24, 2.45) is 0 Å². The van der Waals surface area contributed by atoms with Gasteiger partial charge in [-0.1, -0.05) is 0 Å². The summed E-state index contributed by atoms with van der Waals surface area (Å²) in [6.45, 7) is -1.12. The maximum absolute atomic E-state index is 8.97. The molecule has 3 nitrogen and oxygen atoms in total. The molecule has 0 bridgehead atoms. The zero-order valence-corrected chi connectivity index (χ0v) is 6.04. The molecule has 1 fully saturated rings. The Kier molecular flexibility index (Phi) is 2.01. The topological polar surface area (TPSA) is 41.5 Å². The molecule has 2 N–H and O–H groups in total. The molecule has 48 valence electrons. The van der Waals surface area contributed by atoms with Gasteiger partial charge in [-0.05, 0) is 18.2 Å². The van der Waals surface area contributed by atoms with E-state index in [0.29, 0.717) is 6.61 Å². The Balaban J connectivity index is 2.45. The molecule has 0 aromatic rings. The standard InChI is InChI=1S/C3H8NO2PS/c5-7(8)4-2-1-3-6-7/h1-3H2,(H2,4,5,8). The molecular formula is C3H8NO2PS. The first-order chi connectivity index (χ1) is 3.71. The number of nitrogens with one attached hydrogen (secondary N) is 1. The SMILES string of the molecule is OP1(=S)NCCCO1. The zero-order chi connectivity index (χ0) is 6.04. The molecule has 1 rings (SSSR count). The van der Waals surface area contributed by atoms with E-state index in [9.17, 15) is 0 Å². The average molecular weight is 153 g/mol. The van der Waals surface area contributed by atoms with Crippen molar-refractivity contribution in [1.82, 2.24) is 5.09 Å². The summed E-state index contributed by atoms with van der Waals surface area (Å²) in [6, 6.07) is 0. The van der Waals surface area contributed by atoms with E-state index in [1.54, 1.807) is 0 Å². The van der Waals surface area contributed by atoms with Gasteiger partial charge >= 0.3 is 0 Å². The van der Waals surface area contributed by atoms with E-state index >= 15 is 0 Å². The normalized spacial score (nSPS) is 39.6. The lowest BCUT2D eigenvalue weighted by Gasteiger charge is -2.21. The molecule has 1 saturated heterocycles. The fourth-order valence-corrected chi connectivity index (χ4v) is 1.93. The minimum absolute atomic E-state index is 0.598. The van der Waals surface area contributed by atoms with Crippen molar-refractivity contribution in [1.29, 1.82) is 0 Å². The maximum Gasteiger partial charge on any atom is 0.258 e. The molecule has 0 aromatic carbocycles. The van der Waals surface area contributed by atoms with Crippen molar-refractivity contribution >= 4 is 18.4 Å². The molecule has 1 unspecified atom stereocenters. The van der Waals surface area contributed by atoms with Crippen molar-refractivity contribution in [2.45, 2.75) is 6.42 Å². The quantitative estimate of drug-likeness (QED) is 0.488. The van der Waals surface area contributed by atoms with E-state index in [0.717, 1.165) is 13.0 Å². The van der Waals surface area contributed by atoms with Crippen LogP contribution in [0, 0.1) is 0 Å². The molecule has 0 aromatic heterocycles. The van der Waals surface area contributed by atoms with E-state index in [4.69, 9.17) is 9.42 Å². The second kappa shape index (κ2) is 2.42. The van der Waals surface area contributed by atoms with Gasteiger partial charge < -0.3 is 9.42 Å². The van der Waals surface area contributed by atoms with Gasteiger partial charge in [-0.3, -0.25) is 0 Å². The minimum atomic E-state index is -2.50. The summed E-state index contributed by atoms with van der Waals surface area (Å²) in [5, 5.41) is 2.72. The first-order valence-electron chi connectivity index (χ1n) is 2.43. The third kappa shape index (κ3) is 1.80. The molecule has 0 amide bonds. The van der Waals surface area contributed by atoms with Gasteiger partial charge in [0.25, 0.3) is 6.64 Å².